The molecule has 2 N–H and O–H groups in total. The van der Waals surface area contributed by atoms with Gasteiger partial charge in [0.05, 0.1) is 11.1 Å². The fourth-order valence-electron chi connectivity index (χ4n) is 2.59. The molecule has 1 aliphatic rings. The van der Waals surface area contributed by atoms with Gasteiger partial charge in [0, 0.05) is 10.0 Å². The van der Waals surface area contributed by atoms with Crippen LogP contribution >= 0.6 is 52.1 Å². The molecule has 10 heteroatoms. The van der Waals surface area contributed by atoms with Crippen molar-refractivity contribution >= 4 is 74.6 Å². The SMILES string of the molecule is O=C1NC(=S)S/C1=C\c1ccc(/C=N/n2c(-c3ccccc3Br)n[nH]c2=S)cc1. The van der Waals surface area contributed by atoms with Crippen LogP contribution in [-0.2, 0) is 4.79 Å². The maximum atomic E-state index is 11.8. The lowest BCUT2D eigenvalue weighted by Crippen LogP contribution is -2.17. The first-order valence-electron chi connectivity index (χ1n) is 8.33. The lowest BCUT2D eigenvalue weighted by molar-refractivity contribution is -0.115. The molecule has 0 spiro atoms. The zero-order valence-corrected chi connectivity index (χ0v) is 18.7. The number of carbonyl (C=O) groups is 1. The van der Waals surface area contributed by atoms with Crippen LogP contribution in [-0.4, -0.2) is 31.3 Å². The van der Waals surface area contributed by atoms with Crippen molar-refractivity contribution in [2.75, 3.05) is 0 Å². The van der Waals surface area contributed by atoms with Crippen molar-refractivity contribution in [1.82, 2.24) is 20.2 Å². The van der Waals surface area contributed by atoms with Crippen LogP contribution in [0.3, 0.4) is 0 Å². The highest BCUT2D eigenvalue weighted by Gasteiger charge is 2.21. The number of nitrogens with zero attached hydrogens (tertiary/aromatic N) is 3. The van der Waals surface area contributed by atoms with E-state index in [-0.39, 0.29) is 5.91 Å². The number of hydrogen-bond donors (Lipinski definition) is 2. The van der Waals surface area contributed by atoms with Crippen LogP contribution in [0.15, 0.2) is 63.0 Å². The normalized spacial score (nSPS) is 15.4. The minimum Gasteiger partial charge on any atom is -0.307 e. The summed E-state index contributed by atoms with van der Waals surface area (Å²) in [5, 5.41) is 14.2. The molecular formula is C19H12BrN5OS3. The average Bonchev–Trinajstić information content (AvgIpc) is 3.22. The molecule has 0 bridgehead atoms. The topological polar surface area (TPSA) is 75.1 Å². The van der Waals surface area contributed by atoms with E-state index < -0.39 is 0 Å². The van der Waals surface area contributed by atoms with Gasteiger partial charge in [-0.25, -0.2) is 5.10 Å². The number of hydrogen-bond acceptors (Lipinski definition) is 6. The van der Waals surface area contributed by atoms with Gasteiger partial charge >= 0.3 is 0 Å². The minimum atomic E-state index is -0.167. The van der Waals surface area contributed by atoms with Crippen LogP contribution in [0.25, 0.3) is 17.5 Å². The molecule has 144 valence electrons. The van der Waals surface area contributed by atoms with Gasteiger partial charge in [0.1, 0.15) is 4.32 Å². The number of nitrogens with one attached hydrogen (secondary N) is 2. The summed E-state index contributed by atoms with van der Waals surface area (Å²) in [6, 6.07) is 15.4. The molecule has 1 aromatic heterocycles. The summed E-state index contributed by atoms with van der Waals surface area (Å²) in [6.07, 6.45) is 3.51. The summed E-state index contributed by atoms with van der Waals surface area (Å²) >= 11 is 15.1. The summed E-state index contributed by atoms with van der Waals surface area (Å²) in [6.45, 7) is 0. The second-order valence-electron chi connectivity index (χ2n) is 5.91. The van der Waals surface area contributed by atoms with Crippen molar-refractivity contribution in [3.05, 3.63) is 73.8 Å². The molecule has 0 aliphatic carbocycles. The standard InChI is InChI=1S/C19H12BrN5OS3/c20-14-4-2-1-3-13(14)16-23-24-18(27)25(16)21-10-12-7-5-11(6-8-12)9-15-17(26)22-19(28)29-15/h1-10H,(H,24,27)(H,22,26,28)/b15-9-,21-10+. The molecule has 1 amide bonds. The summed E-state index contributed by atoms with van der Waals surface area (Å²) in [5.41, 5.74) is 2.66. The van der Waals surface area contributed by atoms with Crippen molar-refractivity contribution in [3.8, 4) is 11.4 Å². The smallest absolute Gasteiger partial charge is 0.263 e. The van der Waals surface area contributed by atoms with E-state index in [0.29, 0.717) is 19.8 Å². The molecule has 1 aliphatic heterocycles. The molecular weight excluding hydrogens is 490 g/mol. The molecule has 6 nitrogen and oxygen atoms in total. The summed E-state index contributed by atoms with van der Waals surface area (Å²) in [5.74, 6) is 0.444. The number of aromatic nitrogens is 3. The Morgan fingerprint density at radius 1 is 1.10 bits per heavy atom. The van der Waals surface area contributed by atoms with Gasteiger partial charge in [-0.1, -0.05) is 76.3 Å². The Bertz CT molecular complexity index is 1230. The maximum Gasteiger partial charge on any atom is 0.263 e. The third kappa shape index (κ3) is 4.45. The van der Waals surface area contributed by atoms with Crippen LogP contribution in [0.1, 0.15) is 11.1 Å². The molecule has 1 saturated heterocycles. The van der Waals surface area contributed by atoms with E-state index in [1.54, 1.807) is 17.0 Å². The molecule has 0 saturated carbocycles. The first-order chi connectivity index (χ1) is 14.0. The molecule has 2 aromatic carbocycles. The fraction of sp³-hybridized carbons (Fsp3) is 0. The van der Waals surface area contributed by atoms with Crippen molar-refractivity contribution in [1.29, 1.82) is 0 Å². The highest BCUT2D eigenvalue weighted by molar-refractivity contribution is 9.10. The van der Waals surface area contributed by atoms with Gasteiger partial charge < -0.3 is 5.32 Å². The molecule has 3 aromatic rings. The molecule has 0 atom stereocenters. The zero-order chi connectivity index (χ0) is 20.4. The van der Waals surface area contributed by atoms with Crippen molar-refractivity contribution < 1.29 is 4.79 Å². The second kappa shape index (κ2) is 8.54. The van der Waals surface area contributed by atoms with E-state index in [4.69, 9.17) is 24.4 Å². The molecule has 0 unspecified atom stereocenters. The van der Waals surface area contributed by atoms with E-state index in [9.17, 15) is 4.79 Å². The number of halogens is 1. The monoisotopic (exact) mass is 501 g/mol. The van der Waals surface area contributed by atoms with E-state index in [2.05, 4.69) is 36.5 Å². The predicted octanol–water partition coefficient (Wildman–Crippen LogP) is 4.74. The Morgan fingerprint density at radius 3 is 2.52 bits per heavy atom. The second-order valence-corrected chi connectivity index (χ2v) is 8.87. The van der Waals surface area contributed by atoms with Crippen LogP contribution in [0.4, 0.5) is 0 Å². The number of carbonyl (C=O) groups excluding carboxylic acids is 1. The Morgan fingerprint density at radius 2 is 1.83 bits per heavy atom. The third-order valence-corrected chi connectivity index (χ3v) is 6.08. The van der Waals surface area contributed by atoms with Gasteiger partial charge in [-0.15, -0.1) is 0 Å². The highest BCUT2D eigenvalue weighted by Crippen LogP contribution is 2.27. The number of thiocarbonyl (C=S) groups is 1. The van der Waals surface area contributed by atoms with Gasteiger partial charge in [-0.3, -0.25) is 4.79 Å². The third-order valence-electron chi connectivity index (χ3n) is 3.96. The average molecular weight is 502 g/mol. The van der Waals surface area contributed by atoms with Gasteiger partial charge in [0.25, 0.3) is 5.91 Å². The van der Waals surface area contributed by atoms with Crippen LogP contribution in [0, 0.1) is 4.77 Å². The van der Waals surface area contributed by atoms with Crippen molar-refractivity contribution in [2.24, 2.45) is 5.10 Å². The number of H-pyrrole nitrogens is 1. The zero-order valence-electron chi connectivity index (χ0n) is 14.6. The molecule has 29 heavy (non-hydrogen) atoms. The first kappa shape index (κ1) is 19.9. The quantitative estimate of drug-likeness (QED) is 0.306. The molecule has 2 heterocycles. The Hall–Kier alpha value is -2.40. The molecule has 0 radical (unpaired) electrons. The van der Waals surface area contributed by atoms with E-state index in [1.165, 1.54) is 11.8 Å². The lowest BCUT2D eigenvalue weighted by Gasteiger charge is -2.03. The Kier molecular flexibility index (Phi) is 5.86. The van der Waals surface area contributed by atoms with Gasteiger partial charge in [-0.2, -0.15) is 14.9 Å². The predicted molar refractivity (Wildman–Crippen MR) is 126 cm³/mol. The number of thioether (sulfide) groups is 1. The summed E-state index contributed by atoms with van der Waals surface area (Å²) in [7, 11) is 0. The Labute approximate surface area is 189 Å². The van der Waals surface area contributed by atoms with Crippen molar-refractivity contribution in [3.63, 3.8) is 0 Å². The van der Waals surface area contributed by atoms with Gasteiger partial charge in [0.15, 0.2) is 5.82 Å². The van der Waals surface area contributed by atoms with Crippen LogP contribution < -0.4 is 5.32 Å². The Balaban J connectivity index is 1.58. The largest absolute Gasteiger partial charge is 0.307 e. The number of benzene rings is 2. The minimum absolute atomic E-state index is 0.167. The van der Waals surface area contributed by atoms with Crippen LogP contribution in [0.5, 0.6) is 0 Å². The molecule has 4 rings (SSSR count). The fourth-order valence-corrected chi connectivity index (χ4v) is 4.28. The van der Waals surface area contributed by atoms with Crippen molar-refractivity contribution in [2.45, 2.75) is 0 Å². The van der Waals surface area contributed by atoms with Gasteiger partial charge in [0.2, 0.25) is 4.77 Å². The number of rotatable bonds is 4. The summed E-state index contributed by atoms with van der Waals surface area (Å²) in [4.78, 5) is 12.3. The number of aromatic amines is 1. The van der Waals surface area contributed by atoms with E-state index in [1.807, 2.05) is 48.5 Å². The van der Waals surface area contributed by atoms with E-state index in [0.717, 1.165) is 21.2 Å². The first-order valence-corrected chi connectivity index (χ1v) is 10.8. The molecule has 1 fully saturated rings. The highest BCUT2D eigenvalue weighted by atomic mass is 79.9. The maximum absolute atomic E-state index is 11.8. The van der Waals surface area contributed by atoms with Gasteiger partial charge in [-0.05, 0) is 41.6 Å². The lowest BCUT2D eigenvalue weighted by atomic mass is 10.1. The number of amides is 1. The summed E-state index contributed by atoms with van der Waals surface area (Å²) < 4.78 is 3.35. The van der Waals surface area contributed by atoms with E-state index >= 15 is 0 Å². The van der Waals surface area contributed by atoms with Crippen LogP contribution in [0.2, 0.25) is 0 Å².